The van der Waals surface area contributed by atoms with Gasteiger partial charge in [0.15, 0.2) is 0 Å². The van der Waals surface area contributed by atoms with Crippen molar-refractivity contribution in [3.63, 3.8) is 0 Å². The summed E-state index contributed by atoms with van der Waals surface area (Å²) in [6.45, 7) is 3.32. The summed E-state index contributed by atoms with van der Waals surface area (Å²) in [6, 6.07) is 7.62. The minimum Gasteiger partial charge on any atom is -0.338 e. The molecule has 1 heterocycles. The van der Waals surface area contributed by atoms with E-state index >= 15 is 0 Å². The van der Waals surface area contributed by atoms with Gasteiger partial charge < -0.3 is 10.6 Å². The average molecular weight is 265 g/mol. The smallest absolute Gasteiger partial charge is 0.246 e. The van der Waals surface area contributed by atoms with Gasteiger partial charge in [0, 0.05) is 30.2 Å². The first kappa shape index (κ1) is 13.1. The summed E-state index contributed by atoms with van der Waals surface area (Å²) >= 11 is 5.93. The van der Waals surface area contributed by atoms with Crippen LogP contribution in [-0.2, 0) is 4.79 Å². The highest BCUT2D eigenvalue weighted by atomic mass is 35.5. The zero-order valence-corrected chi connectivity index (χ0v) is 11.2. The molecule has 1 aliphatic heterocycles. The van der Waals surface area contributed by atoms with Crippen LogP contribution in [0.4, 0.5) is 0 Å². The number of benzene rings is 1. The fourth-order valence-corrected chi connectivity index (χ4v) is 2.27. The molecule has 3 nitrogen and oxygen atoms in total. The molecule has 1 amide bonds. The Morgan fingerprint density at radius 2 is 2.33 bits per heavy atom. The summed E-state index contributed by atoms with van der Waals surface area (Å²) in [5, 5.41) is 0.677. The average Bonchev–Trinajstić information content (AvgIpc) is 2.76. The lowest BCUT2D eigenvalue weighted by molar-refractivity contribution is -0.125. The van der Waals surface area contributed by atoms with E-state index in [9.17, 15) is 4.79 Å². The highest BCUT2D eigenvalue weighted by molar-refractivity contribution is 6.30. The second-order valence-electron chi connectivity index (χ2n) is 4.67. The Bertz CT molecular complexity index is 484. The summed E-state index contributed by atoms with van der Waals surface area (Å²) in [7, 11) is 0. The van der Waals surface area contributed by atoms with Crippen LogP contribution in [0.15, 0.2) is 30.3 Å². The third-order valence-electron chi connectivity index (χ3n) is 3.16. The number of carbonyl (C=O) groups excluding carboxylic acids is 1. The number of likely N-dealkylation sites (tertiary alicyclic amines) is 1. The first-order valence-corrected chi connectivity index (χ1v) is 6.43. The van der Waals surface area contributed by atoms with Gasteiger partial charge in [-0.1, -0.05) is 23.7 Å². The Morgan fingerprint density at radius 3 is 2.94 bits per heavy atom. The Kier molecular flexibility index (Phi) is 4.04. The van der Waals surface area contributed by atoms with Crippen molar-refractivity contribution in [2.24, 2.45) is 5.73 Å². The Balaban J connectivity index is 2.10. The third-order valence-corrected chi connectivity index (χ3v) is 3.39. The van der Waals surface area contributed by atoms with Gasteiger partial charge in [-0.15, -0.1) is 0 Å². The van der Waals surface area contributed by atoms with Crippen molar-refractivity contribution in [1.29, 1.82) is 0 Å². The molecule has 0 aromatic heterocycles. The molecule has 18 heavy (non-hydrogen) atoms. The normalized spacial score (nSPS) is 20.3. The second-order valence-corrected chi connectivity index (χ2v) is 5.11. The molecule has 0 bridgehead atoms. The molecular formula is C14H17ClN2O. The van der Waals surface area contributed by atoms with E-state index < -0.39 is 0 Å². The van der Waals surface area contributed by atoms with Gasteiger partial charge in [0.2, 0.25) is 5.91 Å². The first-order chi connectivity index (χ1) is 8.56. The van der Waals surface area contributed by atoms with Crippen molar-refractivity contribution >= 4 is 23.1 Å². The Labute approximate surface area is 112 Å². The van der Waals surface area contributed by atoms with E-state index in [1.54, 1.807) is 11.0 Å². The van der Waals surface area contributed by atoms with Crippen LogP contribution in [0.2, 0.25) is 5.02 Å². The number of hydrogen-bond donors (Lipinski definition) is 1. The van der Waals surface area contributed by atoms with Crippen molar-refractivity contribution in [3.8, 4) is 0 Å². The standard InChI is InChI=1S/C14H17ClN2O/c1-10(11-3-2-4-12(15)8-11)7-14(18)17-6-5-13(16)9-17/h2-4,7-8,13H,5-6,9,16H2,1H3/b10-7+/t13-/m1/s1. The van der Waals surface area contributed by atoms with E-state index in [0.717, 1.165) is 24.1 Å². The SMILES string of the molecule is C/C(=C\C(=O)N1CC[C@@H](N)C1)c1cccc(Cl)c1. The van der Waals surface area contributed by atoms with E-state index in [0.29, 0.717) is 11.6 Å². The fraction of sp³-hybridized carbons (Fsp3) is 0.357. The fourth-order valence-electron chi connectivity index (χ4n) is 2.08. The van der Waals surface area contributed by atoms with Crippen LogP contribution in [0.5, 0.6) is 0 Å². The number of halogens is 1. The Morgan fingerprint density at radius 1 is 1.56 bits per heavy atom. The largest absolute Gasteiger partial charge is 0.338 e. The molecule has 1 saturated heterocycles. The van der Waals surface area contributed by atoms with Gasteiger partial charge in [-0.2, -0.15) is 0 Å². The van der Waals surface area contributed by atoms with E-state index in [1.165, 1.54) is 0 Å². The molecule has 1 fully saturated rings. The van der Waals surface area contributed by atoms with Crippen molar-refractivity contribution in [3.05, 3.63) is 40.9 Å². The number of rotatable bonds is 2. The van der Waals surface area contributed by atoms with Gasteiger partial charge in [-0.3, -0.25) is 4.79 Å². The Hall–Kier alpha value is -1.32. The van der Waals surface area contributed by atoms with Crippen LogP contribution < -0.4 is 5.73 Å². The molecule has 0 unspecified atom stereocenters. The quantitative estimate of drug-likeness (QED) is 0.834. The summed E-state index contributed by atoms with van der Waals surface area (Å²) in [6.07, 6.45) is 2.54. The zero-order valence-electron chi connectivity index (χ0n) is 10.4. The maximum atomic E-state index is 12.0. The molecule has 1 aliphatic rings. The summed E-state index contributed by atoms with van der Waals surface area (Å²) < 4.78 is 0. The van der Waals surface area contributed by atoms with Crippen LogP contribution in [0, 0.1) is 0 Å². The predicted octanol–water partition coefficient (Wildman–Crippen LogP) is 2.30. The number of amides is 1. The van der Waals surface area contributed by atoms with Crippen molar-refractivity contribution < 1.29 is 4.79 Å². The molecule has 2 N–H and O–H groups in total. The van der Waals surface area contributed by atoms with Gasteiger partial charge in [-0.05, 0) is 36.6 Å². The molecule has 1 aromatic carbocycles. The maximum Gasteiger partial charge on any atom is 0.246 e. The van der Waals surface area contributed by atoms with E-state index in [4.69, 9.17) is 17.3 Å². The van der Waals surface area contributed by atoms with Crippen LogP contribution in [0.3, 0.4) is 0 Å². The van der Waals surface area contributed by atoms with Crippen molar-refractivity contribution in [1.82, 2.24) is 4.90 Å². The lowest BCUT2D eigenvalue weighted by Crippen LogP contribution is -2.30. The van der Waals surface area contributed by atoms with E-state index in [1.807, 2.05) is 31.2 Å². The van der Waals surface area contributed by atoms with Crippen LogP contribution in [0.1, 0.15) is 18.9 Å². The summed E-state index contributed by atoms with van der Waals surface area (Å²) in [5.41, 5.74) is 7.68. The van der Waals surface area contributed by atoms with Crippen LogP contribution in [0.25, 0.3) is 5.57 Å². The van der Waals surface area contributed by atoms with Crippen molar-refractivity contribution in [2.75, 3.05) is 13.1 Å². The highest BCUT2D eigenvalue weighted by Gasteiger charge is 2.22. The van der Waals surface area contributed by atoms with Crippen LogP contribution in [-0.4, -0.2) is 29.9 Å². The molecule has 1 aromatic rings. The molecule has 1 atom stereocenters. The molecule has 0 spiro atoms. The molecular weight excluding hydrogens is 248 g/mol. The molecule has 0 saturated carbocycles. The lowest BCUT2D eigenvalue weighted by Gasteiger charge is -2.13. The highest BCUT2D eigenvalue weighted by Crippen LogP contribution is 2.19. The van der Waals surface area contributed by atoms with Gasteiger partial charge >= 0.3 is 0 Å². The number of nitrogens with two attached hydrogens (primary N) is 1. The van der Waals surface area contributed by atoms with Crippen LogP contribution >= 0.6 is 11.6 Å². The second kappa shape index (κ2) is 5.55. The minimum absolute atomic E-state index is 0.0282. The monoisotopic (exact) mass is 264 g/mol. The molecule has 0 aliphatic carbocycles. The number of hydrogen-bond acceptors (Lipinski definition) is 2. The summed E-state index contributed by atoms with van der Waals surface area (Å²) in [5.74, 6) is 0.0282. The van der Waals surface area contributed by atoms with E-state index in [2.05, 4.69) is 0 Å². The lowest BCUT2D eigenvalue weighted by atomic mass is 10.1. The topological polar surface area (TPSA) is 46.3 Å². The van der Waals surface area contributed by atoms with E-state index in [-0.39, 0.29) is 11.9 Å². The molecule has 96 valence electrons. The van der Waals surface area contributed by atoms with Gasteiger partial charge in [0.1, 0.15) is 0 Å². The molecule has 0 radical (unpaired) electrons. The minimum atomic E-state index is 0.0282. The predicted molar refractivity (Wildman–Crippen MR) is 74.3 cm³/mol. The number of nitrogens with zero attached hydrogens (tertiary/aromatic N) is 1. The first-order valence-electron chi connectivity index (χ1n) is 6.05. The summed E-state index contributed by atoms with van der Waals surface area (Å²) in [4.78, 5) is 13.8. The molecule has 4 heteroatoms. The number of allylic oxidation sites excluding steroid dienone is 1. The zero-order chi connectivity index (χ0) is 13.1. The molecule has 2 rings (SSSR count). The van der Waals surface area contributed by atoms with Crippen molar-refractivity contribution in [2.45, 2.75) is 19.4 Å². The van der Waals surface area contributed by atoms with Gasteiger partial charge in [0.05, 0.1) is 0 Å². The van der Waals surface area contributed by atoms with Gasteiger partial charge in [0.25, 0.3) is 0 Å². The van der Waals surface area contributed by atoms with Gasteiger partial charge in [-0.25, -0.2) is 0 Å². The number of carbonyl (C=O) groups is 1. The third kappa shape index (κ3) is 3.12. The maximum absolute atomic E-state index is 12.0.